The maximum absolute atomic E-state index is 6.39. The number of para-hydroxylation sites is 1. The molecule has 0 saturated carbocycles. The Labute approximate surface area is 143 Å². The van der Waals surface area contributed by atoms with E-state index in [4.69, 9.17) is 27.3 Å². The Kier molecular flexibility index (Phi) is 3.86. The van der Waals surface area contributed by atoms with Crippen molar-refractivity contribution < 1.29 is 4.84 Å². The van der Waals surface area contributed by atoms with Crippen LogP contribution in [0, 0.1) is 0 Å². The second-order valence-electron chi connectivity index (χ2n) is 5.34. The summed E-state index contributed by atoms with van der Waals surface area (Å²) < 4.78 is 1.94. The highest BCUT2D eigenvalue weighted by molar-refractivity contribution is 6.35. The zero-order valence-electron chi connectivity index (χ0n) is 12.7. The molecule has 2 N–H and O–H groups in total. The summed E-state index contributed by atoms with van der Waals surface area (Å²) >= 11 is 6.39. The normalized spacial score (nSPS) is 13.0. The Morgan fingerprint density at radius 3 is 2.58 bits per heavy atom. The van der Waals surface area contributed by atoms with Crippen molar-refractivity contribution in [1.29, 1.82) is 0 Å². The van der Waals surface area contributed by atoms with Crippen molar-refractivity contribution in [2.75, 3.05) is 0 Å². The van der Waals surface area contributed by atoms with E-state index in [1.807, 2.05) is 53.1 Å². The minimum absolute atomic E-state index is 0.169. The molecule has 0 saturated heterocycles. The molecule has 4 rings (SSSR count). The molecule has 2 heterocycles. The molecule has 2 aromatic carbocycles. The SMILES string of the molecule is NOCc1nnc2n1-c1ccccc1C(c1ccccc1Cl)=NC2. The molecule has 1 aliphatic heterocycles. The highest BCUT2D eigenvalue weighted by Crippen LogP contribution is 2.28. The number of aromatic nitrogens is 3. The molecule has 0 spiro atoms. The summed E-state index contributed by atoms with van der Waals surface area (Å²) in [4.78, 5) is 9.50. The number of rotatable bonds is 3. The van der Waals surface area contributed by atoms with Crippen LogP contribution >= 0.6 is 11.6 Å². The van der Waals surface area contributed by atoms with Crippen LogP contribution in [0.5, 0.6) is 0 Å². The van der Waals surface area contributed by atoms with Gasteiger partial charge in [0.05, 0.1) is 11.4 Å². The molecular formula is C17H14ClN5O. The van der Waals surface area contributed by atoms with Crippen LogP contribution in [0.25, 0.3) is 5.69 Å². The summed E-state index contributed by atoms with van der Waals surface area (Å²) in [6, 6.07) is 15.6. The van der Waals surface area contributed by atoms with Gasteiger partial charge in [-0.3, -0.25) is 14.4 Å². The lowest BCUT2D eigenvalue weighted by Crippen LogP contribution is -2.11. The molecule has 3 aromatic rings. The Hall–Kier alpha value is -2.54. The van der Waals surface area contributed by atoms with Crippen molar-refractivity contribution in [3.8, 4) is 5.69 Å². The number of halogens is 1. The minimum atomic E-state index is 0.169. The van der Waals surface area contributed by atoms with E-state index in [0.717, 1.165) is 28.4 Å². The molecular weight excluding hydrogens is 326 g/mol. The third kappa shape index (κ3) is 2.41. The van der Waals surface area contributed by atoms with E-state index in [9.17, 15) is 0 Å². The average Bonchev–Trinajstić information content (AvgIpc) is 2.92. The van der Waals surface area contributed by atoms with Gasteiger partial charge in [-0.05, 0) is 12.1 Å². The van der Waals surface area contributed by atoms with Crippen LogP contribution < -0.4 is 5.90 Å². The largest absolute Gasteiger partial charge is 0.296 e. The highest BCUT2D eigenvalue weighted by atomic mass is 35.5. The van der Waals surface area contributed by atoms with Gasteiger partial charge in [-0.25, -0.2) is 5.90 Å². The van der Waals surface area contributed by atoms with Crippen LogP contribution in [-0.2, 0) is 18.0 Å². The van der Waals surface area contributed by atoms with Crippen LogP contribution in [0.15, 0.2) is 53.5 Å². The number of nitrogens with zero attached hydrogens (tertiary/aromatic N) is 4. The van der Waals surface area contributed by atoms with Crippen molar-refractivity contribution in [3.05, 3.63) is 76.3 Å². The van der Waals surface area contributed by atoms with Gasteiger partial charge < -0.3 is 0 Å². The Morgan fingerprint density at radius 1 is 1.04 bits per heavy atom. The smallest absolute Gasteiger partial charge is 0.165 e. The van der Waals surface area contributed by atoms with Gasteiger partial charge in [0.1, 0.15) is 13.2 Å². The molecule has 0 atom stereocenters. The van der Waals surface area contributed by atoms with Gasteiger partial charge in [-0.1, -0.05) is 48.0 Å². The summed E-state index contributed by atoms with van der Waals surface area (Å²) in [6.07, 6.45) is 0. The maximum Gasteiger partial charge on any atom is 0.165 e. The average molecular weight is 340 g/mol. The first kappa shape index (κ1) is 15.0. The fraction of sp³-hybridized carbons (Fsp3) is 0.118. The summed E-state index contributed by atoms with van der Waals surface area (Å²) in [7, 11) is 0. The number of aliphatic imine (C=N–C) groups is 1. The molecule has 1 aromatic heterocycles. The fourth-order valence-electron chi connectivity index (χ4n) is 2.89. The van der Waals surface area contributed by atoms with Crippen LogP contribution in [0.2, 0.25) is 5.02 Å². The Balaban J connectivity index is 1.95. The van der Waals surface area contributed by atoms with Crippen molar-refractivity contribution in [1.82, 2.24) is 14.8 Å². The molecule has 0 unspecified atom stereocenters. The predicted molar refractivity (Wildman–Crippen MR) is 91.1 cm³/mol. The van der Waals surface area contributed by atoms with Gasteiger partial charge in [0.15, 0.2) is 11.6 Å². The number of hydrogen-bond acceptors (Lipinski definition) is 5. The molecule has 0 amide bonds. The van der Waals surface area contributed by atoms with Crippen molar-refractivity contribution in [2.45, 2.75) is 13.2 Å². The summed E-state index contributed by atoms with van der Waals surface area (Å²) in [5, 5.41) is 9.04. The van der Waals surface area contributed by atoms with E-state index < -0.39 is 0 Å². The number of benzene rings is 2. The first-order chi connectivity index (χ1) is 11.8. The van der Waals surface area contributed by atoms with E-state index in [2.05, 4.69) is 10.2 Å². The van der Waals surface area contributed by atoms with Crippen molar-refractivity contribution in [2.24, 2.45) is 10.9 Å². The zero-order chi connectivity index (χ0) is 16.5. The maximum atomic E-state index is 6.39. The monoisotopic (exact) mass is 339 g/mol. The van der Waals surface area contributed by atoms with E-state index in [0.29, 0.717) is 17.4 Å². The molecule has 6 nitrogen and oxygen atoms in total. The molecule has 0 bridgehead atoms. The first-order valence-electron chi connectivity index (χ1n) is 7.43. The van der Waals surface area contributed by atoms with Crippen LogP contribution in [0.3, 0.4) is 0 Å². The first-order valence-corrected chi connectivity index (χ1v) is 7.81. The molecule has 0 aliphatic carbocycles. The third-order valence-corrected chi connectivity index (χ3v) is 4.25. The van der Waals surface area contributed by atoms with Gasteiger partial charge in [-0.2, -0.15) is 0 Å². The molecule has 120 valence electrons. The lowest BCUT2D eigenvalue weighted by atomic mass is 10.0. The molecule has 24 heavy (non-hydrogen) atoms. The summed E-state index contributed by atoms with van der Waals surface area (Å²) in [5.41, 5.74) is 3.62. The van der Waals surface area contributed by atoms with Gasteiger partial charge in [0, 0.05) is 16.1 Å². The van der Waals surface area contributed by atoms with Crippen LogP contribution in [-0.4, -0.2) is 20.5 Å². The second kappa shape index (κ2) is 6.16. The van der Waals surface area contributed by atoms with E-state index in [1.54, 1.807) is 0 Å². The van der Waals surface area contributed by atoms with Crippen LogP contribution in [0.1, 0.15) is 22.8 Å². The summed E-state index contributed by atoms with van der Waals surface area (Å²) in [5.74, 6) is 6.59. The third-order valence-electron chi connectivity index (χ3n) is 3.92. The fourth-order valence-corrected chi connectivity index (χ4v) is 3.11. The van der Waals surface area contributed by atoms with Gasteiger partial charge in [0.2, 0.25) is 0 Å². The number of nitrogens with two attached hydrogens (primary N) is 1. The summed E-state index contributed by atoms with van der Waals surface area (Å²) in [6.45, 7) is 0.565. The minimum Gasteiger partial charge on any atom is -0.296 e. The number of hydrogen-bond donors (Lipinski definition) is 1. The van der Waals surface area contributed by atoms with Crippen LogP contribution in [0.4, 0.5) is 0 Å². The van der Waals surface area contributed by atoms with Gasteiger partial charge >= 0.3 is 0 Å². The Morgan fingerprint density at radius 2 is 1.79 bits per heavy atom. The molecule has 0 fully saturated rings. The topological polar surface area (TPSA) is 78.3 Å². The molecule has 7 heteroatoms. The van der Waals surface area contributed by atoms with E-state index in [1.165, 1.54) is 0 Å². The van der Waals surface area contributed by atoms with Gasteiger partial charge in [-0.15, -0.1) is 10.2 Å². The highest BCUT2D eigenvalue weighted by Gasteiger charge is 2.23. The molecule has 0 radical (unpaired) electrons. The Bertz CT molecular complexity index is 934. The standard InChI is InChI=1S/C17H14ClN5O/c18-13-7-3-1-5-11(13)17-12-6-2-4-8-14(12)23-15(9-20-17)21-22-16(23)10-24-19/h1-8H,9-10,19H2. The number of fused-ring (bicyclic) bond motifs is 3. The van der Waals surface area contributed by atoms with Crippen molar-refractivity contribution in [3.63, 3.8) is 0 Å². The quantitative estimate of drug-likeness (QED) is 0.744. The lowest BCUT2D eigenvalue weighted by molar-refractivity contribution is 0.117. The second-order valence-corrected chi connectivity index (χ2v) is 5.75. The van der Waals surface area contributed by atoms with E-state index in [-0.39, 0.29) is 6.61 Å². The zero-order valence-corrected chi connectivity index (χ0v) is 13.4. The lowest BCUT2D eigenvalue weighted by Gasteiger charge is -2.13. The van der Waals surface area contributed by atoms with E-state index >= 15 is 0 Å². The van der Waals surface area contributed by atoms with Crippen molar-refractivity contribution >= 4 is 17.3 Å². The predicted octanol–water partition coefficient (Wildman–Crippen LogP) is 2.66. The van der Waals surface area contributed by atoms with Gasteiger partial charge in [0.25, 0.3) is 0 Å². The molecule has 1 aliphatic rings.